The van der Waals surface area contributed by atoms with Gasteiger partial charge < -0.3 is 15.1 Å². The van der Waals surface area contributed by atoms with E-state index in [1.165, 1.54) is 11.8 Å². The molecule has 0 aliphatic rings. The van der Waals surface area contributed by atoms with Gasteiger partial charge in [-0.2, -0.15) is 0 Å². The molecule has 1 aromatic heterocycles. The molecular weight excluding hydrogens is 240 g/mol. The van der Waals surface area contributed by atoms with Gasteiger partial charge in [-0.25, -0.2) is 0 Å². The fourth-order valence-corrected chi connectivity index (χ4v) is 1.72. The second-order valence-electron chi connectivity index (χ2n) is 4.31. The van der Waals surface area contributed by atoms with Gasteiger partial charge in [-0.05, 0) is 42.8 Å². The van der Waals surface area contributed by atoms with Crippen LogP contribution in [0.4, 0.5) is 5.69 Å². The molecule has 0 atom stereocenters. The van der Waals surface area contributed by atoms with Crippen molar-refractivity contribution in [2.24, 2.45) is 0 Å². The molecule has 0 unspecified atom stereocenters. The van der Waals surface area contributed by atoms with Gasteiger partial charge in [0.15, 0.2) is 5.76 Å². The Morgan fingerprint density at radius 2 is 2.00 bits per heavy atom. The Morgan fingerprint density at radius 1 is 1.21 bits per heavy atom. The summed E-state index contributed by atoms with van der Waals surface area (Å²) in [6, 6.07) is 11.1. The number of furan rings is 1. The highest BCUT2D eigenvalue weighted by molar-refractivity contribution is 6.02. The Labute approximate surface area is 112 Å². The number of rotatable bonds is 6. The summed E-state index contributed by atoms with van der Waals surface area (Å²) in [5.74, 6) is 0.0792. The number of carbonyl (C=O) groups is 1. The van der Waals surface area contributed by atoms with Gasteiger partial charge in [0.2, 0.25) is 0 Å². The molecule has 1 aromatic carbocycles. The van der Waals surface area contributed by atoms with Crippen LogP contribution in [0.2, 0.25) is 0 Å². The van der Waals surface area contributed by atoms with Crippen LogP contribution in [0.1, 0.15) is 29.5 Å². The summed E-state index contributed by atoms with van der Waals surface area (Å²) in [4.78, 5) is 11.8. The first-order valence-corrected chi connectivity index (χ1v) is 6.44. The van der Waals surface area contributed by atoms with Gasteiger partial charge in [0, 0.05) is 12.2 Å². The Morgan fingerprint density at radius 3 is 2.63 bits per heavy atom. The third-order valence-electron chi connectivity index (χ3n) is 2.71. The van der Waals surface area contributed by atoms with E-state index in [0.29, 0.717) is 5.76 Å². The largest absolute Gasteiger partial charge is 0.459 e. The van der Waals surface area contributed by atoms with Crippen LogP contribution in [-0.2, 0) is 6.54 Å². The Kier molecular flexibility index (Phi) is 4.75. The van der Waals surface area contributed by atoms with E-state index in [9.17, 15) is 4.79 Å². The van der Waals surface area contributed by atoms with E-state index < -0.39 is 0 Å². The van der Waals surface area contributed by atoms with Crippen LogP contribution in [0.15, 0.2) is 47.1 Å². The Bertz CT molecular complexity index is 503. The van der Waals surface area contributed by atoms with Crippen molar-refractivity contribution >= 4 is 11.6 Å². The van der Waals surface area contributed by atoms with Crippen molar-refractivity contribution in [3.05, 3.63) is 54.0 Å². The molecule has 0 bridgehead atoms. The van der Waals surface area contributed by atoms with E-state index in [1.807, 2.05) is 24.3 Å². The maximum atomic E-state index is 11.8. The van der Waals surface area contributed by atoms with Crippen molar-refractivity contribution in [3.8, 4) is 0 Å². The van der Waals surface area contributed by atoms with E-state index in [0.717, 1.165) is 25.2 Å². The van der Waals surface area contributed by atoms with E-state index in [4.69, 9.17) is 4.42 Å². The molecular formula is C15H18N2O2. The third-order valence-corrected chi connectivity index (χ3v) is 2.71. The molecule has 0 aliphatic heterocycles. The lowest BCUT2D eigenvalue weighted by atomic mass is 10.2. The Hall–Kier alpha value is -2.07. The van der Waals surface area contributed by atoms with Crippen molar-refractivity contribution in [1.29, 1.82) is 0 Å². The lowest BCUT2D eigenvalue weighted by Crippen LogP contribution is -2.14. The van der Waals surface area contributed by atoms with Crippen molar-refractivity contribution < 1.29 is 9.21 Å². The molecule has 4 heteroatoms. The molecule has 0 fully saturated rings. The molecule has 2 N–H and O–H groups in total. The van der Waals surface area contributed by atoms with Gasteiger partial charge >= 0.3 is 0 Å². The number of anilines is 1. The highest BCUT2D eigenvalue weighted by Crippen LogP contribution is 2.11. The number of nitrogens with one attached hydrogen (secondary N) is 2. The first-order chi connectivity index (χ1) is 9.29. The van der Waals surface area contributed by atoms with Crippen LogP contribution in [0.25, 0.3) is 0 Å². The lowest BCUT2D eigenvalue weighted by Gasteiger charge is -2.06. The van der Waals surface area contributed by atoms with E-state index >= 15 is 0 Å². The Balaban J connectivity index is 1.90. The monoisotopic (exact) mass is 258 g/mol. The summed E-state index contributed by atoms with van der Waals surface area (Å²) in [5.41, 5.74) is 1.96. The number of carbonyl (C=O) groups excluding carboxylic acids is 1. The fraction of sp³-hybridized carbons (Fsp3) is 0.267. The van der Waals surface area contributed by atoms with Crippen LogP contribution in [-0.4, -0.2) is 12.5 Å². The minimum Gasteiger partial charge on any atom is -0.459 e. The number of amides is 1. The molecule has 0 saturated heterocycles. The van der Waals surface area contributed by atoms with Crippen LogP contribution in [0, 0.1) is 0 Å². The molecule has 2 rings (SSSR count). The molecule has 2 aromatic rings. The van der Waals surface area contributed by atoms with Crippen molar-refractivity contribution in [1.82, 2.24) is 5.32 Å². The second kappa shape index (κ2) is 6.75. The van der Waals surface area contributed by atoms with Crippen LogP contribution in [0.5, 0.6) is 0 Å². The summed E-state index contributed by atoms with van der Waals surface area (Å²) in [7, 11) is 0. The molecule has 19 heavy (non-hydrogen) atoms. The van der Waals surface area contributed by atoms with Crippen molar-refractivity contribution in [2.45, 2.75) is 19.9 Å². The summed E-state index contributed by atoms with van der Waals surface area (Å²) in [6.45, 7) is 4.00. The number of hydrogen-bond donors (Lipinski definition) is 2. The SMILES string of the molecule is CCCNCc1ccc(NC(=O)c2ccco2)cc1. The van der Waals surface area contributed by atoms with Crippen molar-refractivity contribution in [2.75, 3.05) is 11.9 Å². The van der Waals surface area contributed by atoms with Gasteiger partial charge in [-0.15, -0.1) is 0 Å². The minimum absolute atomic E-state index is 0.234. The zero-order valence-electron chi connectivity index (χ0n) is 11.0. The molecule has 1 heterocycles. The van der Waals surface area contributed by atoms with Gasteiger partial charge in [-0.3, -0.25) is 4.79 Å². The van der Waals surface area contributed by atoms with Crippen molar-refractivity contribution in [3.63, 3.8) is 0 Å². The molecule has 4 nitrogen and oxygen atoms in total. The predicted molar refractivity (Wildman–Crippen MR) is 75.1 cm³/mol. The molecule has 0 spiro atoms. The summed E-state index contributed by atoms with van der Waals surface area (Å²) < 4.78 is 5.03. The van der Waals surface area contributed by atoms with E-state index in [1.54, 1.807) is 12.1 Å². The molecule has 0 radical (unpaired) electrons. The molecule has 0 aliphatic carbocycles. The predicted octanol–water partition coefficient (Wildman–Crippen LogP) is 3.03. The number of benzene rings is 1. The highest BCUT2D eigenvalue weighted by atomic mass is 16.3. The first kappa shape index (κ1) is 13.4. The average molecular weight is 258 g/mol. The van der Waals surface area contributed by atoms with E-state index in [2.05, 4.69) is 17.6 Å². The third kappa shape index (κ3) is 3.96. The zero-order valence-corrected chi connectivity index (χ0v) is 11.0. The normalized spacial score (nSPS) is 10.4. The van der Waals surface area contributed by atoms with Gasteiger partial charge in [-0.1, -0.05) is 19.1 Å². The van der Waals surface area contributed by atoms with Crippen LogP contribution >= 0.6 is 0 Å². The van der Waals surface area contributed by atoms with Crippen LogP contribution < -0.4 is 10.6 Å². The topological polar surface area (TPSA) is 54.3 Å². The fourth-order valence-electron chi connectivity index (χ4n) is 1.72. The molecule has 100 valence electrons. The summed E-state index contributed by atoms with van der Waals surface area (Å²) >= 11 is 0. The maximum Gasteiger partial charge on any atom is 0.291 e. The lowest BCUT2D eigenvalue weighted by molar-refractivity contribution is 0.0996. The average Bonchev–Trinajstić information content (AvgIpc) is 2.95. The number of hydrogen-bond acceptors (Lipinski definition) is 3. The molecule has 1 amide bonds. The molecule has 0 saturated carbocycles. The summed E-state index contributed by atoms with van der Waals surface area (Å²) in [5, 5.41) is 6.12. The highest BCUT2D eigenvalue weighted by Gasteiger charge is 2.08. The maximum absolute atomic E-state index is 11.8. The smallest absolute Gasteiger partial charge is 0.291 e. The van der Waals surface area contributed by atoms with Gasteiger partial charge in [0.25, 0.3) is 5.91 Å². The zero-order chi connectivity index (χ0) is 13.5. The minimum atomic E-state index is -0.234. The second-order valence-corrected chi connectivity index (χ2v) is 4.31. The quantitative estimate of drug-likeness (QED) is 0.783. The van der Waals surface area contributed by atoms with Gasteiger partial charge in [0.05, 0.1) is 6.26 Å². The van der Waals surface area contributed by atoms with Gasteiger partial charge in [0.1, 0.15) is 0 Å². The first-order valence-electron chi connectivity index (χ1n) is 6.44. The van der Waals surface area contributed by atoms with E-state index in [-0.39, 0.29) is 5.91 Å². The standard InChI is InChI=1S/C15H18N2O2/c1-2-9-16-11-12-5-7-13(8-6-12)17-15(18)14-4-3-10-19-14/h3-8,10,16H,2,9,11H2,1H3,(H,17,18). The van der Waals surface area contributed by atoms with Crippen LogP contribution in [0.3, 0.4) is 0 Å². The summed E-state index contributed by atoms with van der Waals surface area (Å²) in [6.07, 6.45) is 2.61.